The molecule has 0 radical (unpaired) electrons. The Hall–Kier alpha value is -2.69. The SMILES string of the molecule is O=C(Cn1cc([N+](=O)[O-])cn1)Nc1ncc(C(F)(F)F)cc1Cl. The average Bonchev–Trinajstić information content (AvgIpc) is 2.88. The van der Waals surface area contributed by atoms with E-state index in [-0.39, 0.29) is 16.5 Å². The maximum Gasteiger partial charge on any atom is 0.417 e. The van der Waals surface area contributed by atoms with Crippen molar-refractivity contribution in [3.05, 3.63) is 45.4 Å². The Balaban J connectivity index is 2.06. The fourth-order valence-electron chi connectivity index (χ4n) is 1.54. The summed E-state index contributed by atoms with van der Waals surface area (Å²) < 4.78 is 38.4. The van der Waals surface area contributed by atoms with E-state index in [2.05, 4.69) is 15.4 Å². The van der Waals surface area contributed by atoms with Gasteiger partial charge in [-0.3, -0.25) is 19.6 Å². The van der Waals surface area contributed by atoms with Crippen LogP contribution in [-0.4, -0.2) is 25.6 Å². The summed E-state index contributed by atoms with van der Waals surface area (Å²) in [6.45, 7) is -0.396. The number of nitrogens with zero attached hydrogens (tertiary/aromatic N) is 4. The van der Waals surface area contributed by atoms with Gasteiger partial charge in [-0.2, -0.15) is 18.3 Å². The topological polar surface area (TPSA) is 103 Å². The molecule has 1 amide bonds. The minimum Gasteiger partial charge on any atom is -0.308 e. The van der Waals surface area contributed by atoms with Crippen molar-refractivity contribution >= 4 is 29.0 Å². The van der Waals surface area contributed by atoms with E-state index in [0.29, 0.717) is 12.3 Å². The number of nitro groups is 1. The van der Waals surface area contributed by atoms with Crippen LogP contribution in [0, 0.1) is 10.1 Å². The molecule has 2 rings (SSSR count). The van der Waals surface area contributed by atoms with Gasteiger partial charge in [0.05, 0.1) is 15.5 Å². The Morgan fingerprint density at radius 2 is 2.13 bits per heavy atom. The van der Waals surface area contributed by atoms with Gasteiger partial charge in [0.1, 0.15) is 18.9 Å². The third-order valence-electron chi connectivity index (χ3n) is 2.56. The molecule has 2 heterocycles. The first kappa shape index (κ1) is 16.7. The number of pyridine rings is 1. The number of alkyl halides is 3. The Morgan fingerprint density at radius 3 is 2.65 bits per heavy atom. The largest absolute Gasteiger partial charge is 0.417 e. The monoisotopic (exact) mass is 349 g/mol. The van der Waals surface area contributed by atoms with E-state index in [1.165, 1.54) is 0 Å². The van der Waals surface area contributed by atoms with Crippen LogP contribution in [0.3, 0.4) is 0 Å². The highest BCUT2D eigenvalue weighted by atomic mass is 35.5. The summed E-state index contributed by atoms with van der Waals surface area (Å²) in [5.74, 6) is -0.969. The van der Waals surface area contributed by atoms with Crippen molar-refractivity contribution < 1.29 is 22.9 Å². The molecule has 122 valence electrons. The molecule has 0 atom stereocenters. The number of rotatable bonds is 4. The number of hydrogen-bond acceptors (Lipinski definition) is 5. The minimum atomic E-state index is -4.60. The van der Waals surface area contributed by atoms with E-state index in [9.17, 15) is 28.1 Å². The Kier molecular flexibility index (Phi) is 4.50. The van der Waals surface area contributed by atoms with Gasteiger partial charge in [0.25, 0.3) is 0 Å². The summed E-state index contributed by atoms with van der Waals surface area (Å²) in [6.07, 6.45) is -2.09. The second-order valence-corrected chi connectivity index (χ2v) is 4.66. The molecule has 2 aromatic rings. The summed E-state index contributed by atoms with van der Waals surface area (Å²) >= 11 is 5.64. The molecule has 0 aromatic carbocycles. The van der Waals surface area contributed by atoms with Crippen molar-refractivity contribution in [2.24, 2.45) is 0 Å². The third kappa shape index (κ3) is 4.16. The van der Waals surface area contributed by atoms with E-state index in [0.717, 1.165) is 17.1 Å². The number of nitrogens with one attached hydrogen (secondary N) is 1. The smallest absolute Gasteiger partial charge is 0.308 e. The van der Waals surface area contributed by atoms with Crippen molar-refractivity contribution in [1.82, 2.24) is 14.8 Å². The van der Waals surface area contributed by atoms with Crippen LogP contribution >= 0.6 is 11.6 Å². The number of aromatic nitrogens is 3. The molecule has 2 aromatic heterocycles. The Bertz CT molecular complexity index is 762. The van der Waals surface area contributed by atoms with Crippen LogP contribution in [0.4, 0.5) is 24.7 Å². The number of anilines is 1. The van der Waals surface area contributed by atoms with E-state index >= 15 is 0 Å². The highest BCUT2D eigenvalue weighted by Gasteiger charge is 2.31. The summed E-state index contributed by atoms with van der Waals surface area (Å²) in [6, 6.07) is 0.628. The molecular formula is C11H7ClF3N5O3. The number of halogens is 4. The molecule has 8 nitrogen and oxygen atoms in total. The first-order chi connectivity index (χ1) is 10.7. The van der Waals surface area contributed by atoms with Crippen molar-refractivity contribution in [3.8, 4) is 0 Å². The Morgan fingerprint density at radius 1 is 1.43 bits per heavy atom. The quantitative estimate of drug-likeness (QED) is 0.674. The number of amides is 1. The maximum absolute atomic E-state index is 12.5. The van der Waals surface area contributed by atoms with Gasteiger partial charge in [-0.15, -0.1) is 0 Å². The van der Waals surface area contributed by atoms with Gasteiger partial charge in [-0.1, -0.05) is 11.6 Å². The third-order valence-corrected chi connectivity index (χ3v) is 2.85. The number of carbonyl (C=O) groups excluding carboxylic acids is 1. The normalized spacial score (nSPS) is 11.3. The van der Waals surface area contributed by atoms with E-state index in [4.69, 9.17) is 11.6 Å². The standard InChI is InChI=1S/C11H7ClF3N5O3/c12-8-1-6(11(13,14)15)2-16-10(8)18-9(21)5-19-4-7(3-17-19)20(22)23/h1-4H,5H2,(H,16,18,21). The summed E-state index contributed by atoms with van der Waals surface area (Å²) in [5, 5.41) is 15.9. The number of hydrogen-bond donors (Lipinski definition) is 1. The second kappa shape index (κ2) is 6.20. The fourth-order valence-corrected chi connectivity index (χ4v) is 1.75. The molecule has 0 aliphatic carbocycles. The van der Waals surface area contributed by atoms with Crippen molar-refractivity contribution in [2.45, 2.75) is 12.7 Å². The second-order valence-electron chi connectivity index (χ2n) is 4.25. The highest BCUT2D eigenvalue weighted by Crippen LogP contribution is 2.32. The fraction of sp³-hybridized carbons (Fsp3) is 0.182. The summed E-state index contributed by atoms with van der Waals surface area (Å²) in [5.41, 5.74) is -1.35. The lowest BCUT2D eigenvalue weighted by atomic mass is 10.3. The Labute approximate surface area is 131 Å². The molecule has 12 heteroatoms. The van der Waals surface area contributed by atoms with Crippen molar-refractivity contribution in [1.29, 1.82) is 0 Å². The zero-order chi connectivity index (χ0) is 17.2. The molecular weight excluding hydrogens is 343 g/mol. The molecule has 0 bridgehead atoms. The molecule has 0 aliphatic rings. The predicted molar refractivity (Wildman–Crippen MR) is 71.8 cm³/mol. The highest BCUT2D eigenvalue weighted by molar-refractivity contribution is 6.33. The summed E-state index contributed by atoms with van der Waals surface area (Å²) in [4.78, 5) is 25.0. The number of carbonyl (C=O) groups is 1. The van der Waals surface area contributed by atoms with Crippen molar-refractivity contribution in [3.63, 3.8) is 0 Å². The zero-order valence-corrected chi connectivity index (χ0v) is 11.8. The molecule has 0 fully saturated rings. The zero-order valence-electron chi connectivity index (χ0n) is 11.0. The lowest BCUT2D eigenvalue weighted by molar-refractivity contribution is -0.385. The minimum absolute atomic E-state index is 0.258. The predicted octanol–water partition coefficient (Wildman–Crippen LogP) is 2.50. The van der Waals surface area contributed by atoms with Gasteiger partial charge < -0.3 is 5.32 Å². The van der Waals surface area contributed by atoms with E-state index in [1.807, 2.05) is 0 Å². The molecule has 0 spiro atoms. The van der Waals surface area contributed by atoms with Gasteiger partial charge in [0.2, 0.25) is 5.91 Å². The van der Waals surface area contributed by atoms with Crippen LogP contribution in [0.1, 0.15) is 5.56 Å². The maximum atomic E-state index is 12.5. The van der Waals surface area contributed by atoms with Crippen LogP contribution in [-0.2, 0) is 17.5 Å². The molecule has 0 saturated heterocycles. The van der Waals surface area contributed by atoms with Crippen molar-refractivity contribution in [2.75, 3.05) is 5.32 Å². The van der Waals surface area contributed by atoms with Gasteiger partial charge in [0, 0.05) is 6.20 Å². The lowest BCUT2D eigenvalue weighted by Crippen LogP contribution is -2.20. The van der Waals surface area contributed by atoms with Crippen LogP contribution in [0.2, 0.25) is 5.02 Å². The van der Waals surface area contributed by atoms with Gasteiger partial charge in [0.15, 0.2) is 5.82 Å². The first-order valence-corrected chi connectivity index (χ1v) is 6.24. The van der Waals surface area contributed by atoms with Crippen LogP contribution in [0.15, 0.2) is 24.7 Å². The van der Waals surface area contributed by atoms with E-state index < -0.39 is 29.1 Å². The van der Waals surface area contributed by atoms with Crippen LogP contribution < -0.4 is 5.32 Å². The molecule has 1 N–H and O–H groups in total. The van der Waals surface area contributed by atoms with Gasteiger partial charge >= 0.3 is 11.9 Å². The van der Waals surface area contributed by atoms with Crippen LogP contribution in [0.5, 0.6) is 0 Å². The first-order valence-electron chi connectivity index (χ1n) is 5.86. The van der Waals surface area contributed by atoms with Crippen LogP contribution in [0.25, 0.3) is 0 Å². The molecule has 0 aliphatic heterocycles. The molecule has 0 saturated carbocycles. The van der Waals surface area contributed by atoms with Gasteiger partial charge in [-0.05, 0) is 6.07 Å². The lowest BCUT2D eigenvalue weighted by Gasteiger charge is -2.10. The van der Waals surface area contributed by atoms with E-state index in [1.54, 1.807) is 0 Å². The molecule has 23 heavy (non-hydrogen) atoms. The summed E-state index contributed by atoms with van der Waals surface area (Å²) in [7, 11) is 0. The average molecular weight is 350 g/mol. The van der Waals surface area contributed by atoms with Gasteiger partial charge in [-0.25, -0.2) is 4.98 Å². The molecule has 0 unspecified atom stereocenters.